The third-order valence-corrected chi connectivity index (χ3v) is 10.7. The summed E-state index contributed by atoms with van der Waals surface area (Å²) >= 11 is 0. The van der Waals surface area contributed by atoms with Crippen molar-refractivity contribution < 1.29 is 38.1 Å². The van der Waals surface area contributed by atoms with Crippen molar-refractivity contribution >= 4 is 47.6 Å². The van der Waals surface area contributed by atoms with Crippen LogP contribution in [-0.4, -0.2) is 61.1 Å². The Balaban J connectivity index is 1.59. The lowest BCUT2D eigenvalue weighted by molar-refractivity contribution is -0.254. The smallest absolute Gasteiger partial charge is 0.311 e. The van der Waals surface area contributed by atoms with Crippen molar-refractivity contribution in [2.45, 2.75) is 93.0 Å². The predicted molar refractivity (Wildman–Crippen MR) is 194 cm³/mol. The Morgan fingerprint density at radius 1 is 0.660 bits per heavy atom. The molecule has 0 spiro atoms. The van der Waals surface area contributed by atoms with Crippen molar-refractivity contribution in [2.75, 3.05) is 6.61 Å². The van der Waals surface area contributed by atoms with E-state index in [9.17, 15) is 14.4 Å². The molecule has 0 radical (unpaired) electrons. The third kappa shape index (κ3) is 8.44. The number of ether oxygens (including phenoxy) is 5. The number of hydrogen-bond acceptors (Lipinski definition) is 9. The molecule has 3 aromatic rings. The highest BCUT2D eigenvalue weighted by Crippen LogP contribution is 2.39. The molecule has 0 N–H and O–H groups in total. The van der Waals surface area contributed by atoms with Gasteiger partial charge in [0, 0.05) is 5.56 Å². The van der Waals surface area contributed by atoms with E-state index < -0.39 is 72.7 Å². The molecule has 5 atom stereocenters. The molecule has 2 heterocycles. The van der Waals surface area contributed by atoms with E-state index in [4.69, 9.17) is 28.7 Å². The molecule has 1 fully saturated rings. The first-order valence-corrected chi connectivity index (χ1v) is 18.3. The number of hydrogen-bond donors (Lipinski definition) is 0. The summed E-state index contributed by atoms with van der Waals surface area (Å²) in [5.74, 6) is -1.18. The van der Waals surface area contributed by atoms with E-state index in [-0.39, 0.29) is 6.61 Å². The molecule has 5 rings (SSSR count). The van der Waals surface area contributed by atoms with Crippen LogP contribution in [0.25, 0.3) is 0 Å². The minimum absolute atomic E-state index is 0.256. The summed E-state index contributed by atoms with van der Waals surface area (Å²) < 4.78 is 30.9. The zero-order chi connectivity index (χ0) is 36.4. The van der Waals surface area contributed by atoms with E-state index in [1.807, 2.05) is 54.6 Å². The van der Waals surface area contributed by atoms with Crippen molar-refractivity contribution in [3.8, 4) is 0 Å². The van der Waals surface area contributed by atoms with Crippen molar-refractivity contribution in [3.05, 3.63) is 90.5 Å². The number of benzene rings is 3. The molecular weight excluding hydrogens is 653 g/mol. The molecule has 0 aromatic heterocycles. The van der Waals surface area contributed by atoms with E-state index in [2.05, 4.69) is 30.3 Å². The number of carbonyl (C=O) groups excluding carboxylic acids is 3. The largest absolute Gasteiger partial charge is 0.462 e. The summed E-state index contributed by atoms with van der Waals surface area (Å²) in [5.41, 5.74) is -1.77. The fourth-order valence-corrected chi connectivity index (χ4v) is 7.79. The first kappa shape index (κ1) is 37.2. The van der Waals surface area contributed by atoms with Crippen molar-refractivity contribution in [1.29, 1.82) is 0 Å². The summed E-state index contributed by atoms with van der Waals surface area (Å²) in [6, 6.07) is 27.7. The van der Waals surface area contributed by atoms with Gasteiger partial charge in [0.15, 0.2) is 18.2 Å². The molecule has 0 saturated carbocycles. The van der Waals surface area contributed by atoms with Gasteiger partial charge in [-0.05, 0) is 92.2 Å². The second-order valence-corrected chi connectivity index (χ2v) is 17.9. The van der Waals surface area contributed by atoms with Crippen LogP contribution in [0.3, 0.4) is 0 Å². The monoisotopic (exact) mass is 701 g/mol. The molecule has 9 nitrogen and oxygen atoms in total. The van der Waals surface area contributed by atoms with Crippen LogP contribution < -0.4 is 15.9 Å². The molecule has 0 bridgehead atoms. The van der Waals surface area contributed by atoms with Gasteiger partial charge in [0.05, 0.1) is 16.2 Å². The van der Waals surface area contributed by atoms with Gasteiger partial charge >= 0.3 is 17.9 Å². The van der Waals surface area contributed by atoms with Gasteiger partial charge in [-0.15, -0.1) is 0 Å². The molecule has 10 heteroatoms. The zero-order valence-electron chi connectivity index (χ0n) is 30.3. The minimum atomic E-state index is -1.14. The van der Waals surface area contributed by atoms with Crippen molar-refractivity contribution in [1.82, 2.24) is 0 Å². The van der Waals surface area contributed by atoms with Crippen LogP contribution in [0, 0.1) is 16.2 Å². The van der Waals surface area contributed by atoms with Crippen LogP contribution in [0.5, 0.6) is 0 Å². The standard InChI is InChI=1S/C40H48NO8P/c1-38(2,3)35(42)45-24-28-31(47-36(43)39(4,5)6)32(48-37(44)40(7,8)9)30-34(46-28)49-33(41-30)27-22-16-17-23-29(27)50(25-18-12-10-13-19-25)26-20-14-11-15-21-26/h10-23,28,30-32,34H,24H2,1-9H3/t28-,30-,31-,32-,34-/m1/s1. The van der Waals surface area contributed by atoms with Crippen molar-refractivity contribution in [2.24, 2.45) is 21.2 Å². The molecule has 0 aliphatic carbocycles. The summed E-state index contributed by atoms with van der Waals surface area (Å²) in [4.78, 5) is 44.7. The summed E-state index contributed by atoms with van der Waals surface area (Å²) in [7, 11) is -1.03. The number of carbonyl (C=O) groups is 3. The molecule has 266 valence electrons. The van der Waals surface area contributed by atoms with Gasteiger partial charge in [0.25, 0.3) is 0 Å². The highest BCUT2D eigenvalue weighted by Gasteiger charge is 2.56. The number of fused-ring (bicyclic) bond motifs is 1. The van der Waals surface area contributed by atoms with E-state index >= 15 is 0 Å². The van der Waals surface area contributed by atoms with E-state index in [1.165, 1.54) is 0 Å². The zero-order valence-corrected chi connectivity index (χ0v) is 31.2. The van der Waals surface area contributed by atoms with Gasteiger partial charge in [-0.2, -0.15) is 0 Å². The molecule has 2 aliphatic heterocycles. The highest BCUT2D eigenvalue weighted by molar-refractivity contribution is 7.80. The number of esters is 3. The Morgan fingerprint density at radius 2 is 1.14 bits per heavy atom. The highest BCUT2D eigenvalue weighted by atomic mass is 31.1. The lowest BCUT2D eigenvalue weighted by Crippen LogP contribution is -2.61. The number of rotatable bonds is 8. The van der Waals surface area contributed by atoms with Crippen LogP contribution in [0.2, 0.25) is 0 Å². The molecule has 0 amide bonds. The minimum Gasteiger partial charge on any atom is -0.462 e. The SMILES string of the molecule is CC(C)(C)C(=O)OC[C@H]1O[C@@H]2OC(c3ccccc3P(c3ccccc3)c3ccccc3)=N[C@@H]2[C@@H](OC(=O)C(C)(C)C)[C@@H]1OC(=O)C(C)(C)C. The van der Waals surface area contributed by atoms with Crippen LogP contribution in [0.15, 0.2) is 89.9 Å². The molecule has 1 saturated heterocycles. The van der Waals surface area contributed by atoms with Crippen LogP contribution in [-0.2, 0) is 38.1 Å². The Labute approximate surface area is 296 Å². The second-order valence-electron chi connectivity index (χ2n) is 15.7. The molecule has 0 unspecified atom stereocenters. The van der Waals surface area contributed by atoms with E-state index in [1.54, 1.807) is 62.3 Å². The Bertz CT molecular complexity index is 1670. The van der Waals surface area contributed by atoms with Crippen LogP contribution in [0.1, 0.15) is 67.9 Å². The van der Waals surface area contributed by atoms with E-state index in [0.29, 0.717) is 5.90 Å². The summed E-state index contributed by atoms with van der Waals surface area (Å²) in [5, 5.41) is 3.33. The molecular formula is C40H48NO8P. The molecule has 2 aliphatic rings. The van der Waals surface area contributed by atoms with Gasteiger partial charge in [0.1, 0.15) is 12.7 Å². The fourth-order valence-electron chi connectivity index (χ4n) is 5.35. The predicted octanol–water partition coefficient (Wildman–Crippen LogP) is 5.82. The summed E-state index contributed by atoms with van der Waals surface area (Å²) in [6.07, 6.45) is -4.27. The lowest BCUT2D eigenvalue weighted by atomic mass is 9.93. The van der Waals surface area contributed by atoms with Crippen molar-refractivity contribution in [3.63, 3.8) is 0 Å². The average Bonchev–Trinajstić information content (AvgIpc) is 3.48. The maximum Gasteiger partial charge on any atom is 0.311 e. The van der Waals surface area contributed by atoms with Gasteiger partial charge in [0.2, 0.25) is 12.2 Å². The van der Waals surface area contributed by atoms with Crippen LogP contribution >= 0.6 is 7.92 Å². The van der Waals surface area contributed by atoms with E-state index in [0.717, 1.165) is 21.5 Å². The normalized spacial score (nSPS) is 22.2. The molecule has 3 aromatic carbocycles. The van der Waals surface area contributed by atoms with Gasteiger partial charge < -0.3 is 23.7 Å². The average molecular weight is 702 g/mol. The third-order valence-electron chi connectivity index (χ3n) is 8.21. The Hall–Kier alpha value is -4.07. The fraction of sp³-hybridized carbons (Fsp3) is 0.450. The maximum absolute atomic E-state index is 13.5. The lowest BCUT2D eigenvalue weighted by Gasteiger charge is -2.42. The van der Waals surface area contributed by atoms with Gasteiger partial charge in [-0.3, -0.25) is 14.4 Å². The Kier molecular flexibility index (Phi) is 10.9. The number of nitrogens with zero attached hydrogens (tertiary/aromatic N) is 1. The quantitative estimate of drug-likeness (QED) is 0.164. The first-order valence-electron chi connectivity index (χ1n) is 16.9. The Morgan fingerprint density at radius 3 is 1.66 bits per heavy atom. The van der Waals surface area contributed by atoms with Crippen LogP contribution in [0.4, 0.5) is 0 Å². The number of aliphatic imine (C=N–C) groups is 1. The summed E-state index contributed by atoms with van der Waals surface area (Å²) in [6.45, 7) is 15.4. The maximum atomic E-state index is 13.5. The first-order chi connectivity index (χ1) is 23.4. The molecule has 50 heavy (non-hydrogen) atoms. The van der Waals surface area contributed by atoms with Gasteiger partial charge in [-0.25, -0.2) is 4.99 Å². The second kappa shape index (κ2) is 14.7. The van der Waals surface area contributed by atoms with Gasteiger partial charge in [-0.1, -0.05) is 78.9 Å². The topological polar surface area (TPSA) is 110 Å².